The molecule has 2 aromatic rings. The molecule has 0 aliphatic heterocycles. The first-order valence-electron chi connectivity index (χ1n) is 9.57. The molecule has 0 saturated heterocycles. The second kappa shape index (κ2) is 9.06. The second-order valence-electron chi connectivity index (χ2n) is 7.46. The highest BCUT2D eigenvalue weighted by Crippen LogP contribution is 2.32. The monoisotopic (exact) mass is 404 g/mol. The molecule has 0 spiro atoms. The third kappa shape index (κ3) is 5.23. The molecule has 1 saturated carbocycles. The number of thioether (sulfide) groups is 1. The van der Waals surface area contributed by atoms with Gasteiger partial charge in [-0.15, -0.1) is 10.2 Å². The molecule has 1 aromatic carbocycles. The summed E-state index contributed by atoms with van der Waals surface area (Å²) < 4.78 is 0.804. The number of benzene rings is 1. The van der Waals surface area contributed by atoms with E-state index >= 15 is 0 Å². The zero-order valence-electron chi connectivity index (χ0n) is 16.4. The number of carbonyl (C=O) groups excluding carboxylic acids is 1. The lowest BCUT2D eigenvalue weighted by atomic mass is 9.78. The van der Waals surface area contributed by atoms with Gasteiger partial charge in [0, 0.05) is 11.7 Å². The van der Waals surface area contributed by atoms with Crippen LogP contribution in [0.2, 0.25) is 0 Å². The predicted molar refractivity (Wildman–Crippen MR) is 114 cm³/mol. The van der Waals surface area contributed by atoms with E-state index in [-0.39, 0.29) is 17.2 Å². The van der Waals surface area contributed by atoms with Crippen LogP contribution in [0.25, 0.3) is 0 Å². The molecule has 7 heteroatoms. The molecule has 2 N–H and O–H groups in total. The van der Waals surface area contributed by atoms with Crippen LogP contribution in [0.3, 0.4) is 0 Å². The van der Waals surface area contributed by atoms with E-state index in [1.54, 1.807) is 0 Å². The Bertz CT molecular complexity index is 779. The SMILES string of the molecule is Cc1ccccc1Nc1nnc(SC(C)C(=O)NC2CCCC(C)C2C)s1. The molecule has 0 bridgehead atoms. The minimum absolute atomic E-state index is 0.0922. The maximum absolute atomic E-state index is 12.6. The third-order valence-corrected chi connectivity index (χ3v) is 7.50. The third-order valence-electron chi connectivity index (χ3n) is 5.47. The summed E-state index contributed by atoms with van der Waals surface area (Å²) in [6.45, 7) is 8.53. The first kappa shape index (κ1) is 20.1. The van der Waals surface area contributed by atoms with Crippen molar-refractivity contribution in [2.24, 2.45) is 11.8 Å². The fourth-order valence-electron chi connectivity index (χ4n) is 3.43. The standard InChI is InChI=1S/C20H28N4OS2/c1-12-9-7-11-17(14(12)3)21-18(25)15(4)26-20-24-23-19(27-20)22-16-10-6-5-8-13(16)2/h5-6,8,10,12,14-15,17H,7,9,11H2,1-4H3,(H,21,25)(H,22,23). The zero-order chi connectivity index (χ0) is 19.4. The van der Waals surface area contributed by atoms with Gasteiger partial charge in [0.15, 0.2) is 4.34 Å². The van der Waals surface area contributed by atoms with Crippen molar-refractivity contribution in [1.82, 2.24) is 15.5 Å². The summed E-state index contributed by atoms with van der Waals surface area (Å²) in [7, 11) is 0. The van der Waals surface area contributed by atoms with Gasteiger partial charge in [0.1, 0.15) is 0 Å². The van der Waals surface area contributed by atoms with Crippen LogP contribution in [-0.2, 0) is 4.79 Å². The molecule has 3 rings (SSSR count). The molecular formula is C20H28N4OS2. The number of nitrogens with zero attached hydrogens (tertiary/aromatic N) is 2. The molecule has 5 nitrogen and oxygen atoms in total. The van der Waals surface area contributed by atoms with E-state index in [0.717, 1.165) is 27.1 Å². The van der Waals surface area contributed by atoms with Gasteiger partial charge in [0.05, 0.1) is 5.25 Å². The Hall–Kier alpha value is -1.60. The molecule has 27 heavy (non-hydrogen) atoms. The molecule has 1 heterocycles. The molecule has 4 unspecified atom stereocenters. The Labute approximate surface area is 169 Å². The maximum atomic E-state index is 12.6. The van der Waals surface area contributed by atoms with Crippen LogP contribution in [0.4, 0.5) is 10.8 Å². The number of rotatable bonds is 6. The Morgan fingerprint density at radius 1 is 1.26 bits per heavy atom. The molecule has 1 aliphatic carbocycles. The van der Waals surface area contributed by atoms with Crippen LogP contribution in [0.5, 0.6) is 0 Å². The number of hydrogen-bond acceptors (Lipinski definition) is 6. The molecule has 146 valence electrons. The Morgan fingerprint density at radius 3 is 2.81 bits per heavy atom. The van der Waals surface area contributed by atoms with Crippen molar-refractivity contribution in [3.63, 3.8) is 0 Å². The van der Waals surface area contributed by atoms with Crippen LogP contribution in [-0.4, -0.2) is 27.4 Å². The Kier molecular flexibility index (Phi) is 6.76. The second-order valence-corrected chi connectivity index (χ2v) is 10.0. The summed E-state index contributed by atoms with van der Waals surface area (Å²) in [6, 6.07) is 8.36. The first-order chi connectivity index (χ1) is 12.9. The largest absolute Gasteiger partial charge is 0.352 e. The number of anilines is 2. The Balaban J connectivity index is 1.55. The van der Waals surface area contributed by atoms with Crippen LogP contribution in [0, 0.1) is 18.8 Å². The lowest BCUT2D eigenvalue weighted by Crippen LogP contribution is -2.46. The van der Waals surface area contributed by atoms with Crippen molar-refractivity contribution in [2.45, 2.75) is 62.6 Å². The molecule has 4 atom stereocenters. The smallest absolute Gasteiger partial charge is 0.233 e. The Morgan fingerprint density at radius 2 is 2.04 bits per heavy atom. The number of nitrogens with one attached hydrogen (secondary N) is 2. The average molecular weight is 405 g/mol. The fraction of sp³-hybridized carbons (Fsp3) is 0.550. The average Bonchev–Trinajstić information content (AvgIpc) is 3.08. The number of hydrogen-bond donors (Lipinski definition) is 2. The van der Waals surface area contributed by atoms with E-state index in [4.69, 9.17) is 0 Å². The van der Waals surface area contributed by atoms with Gasteiger partial charge in [-0.05, 0) is 43.7 Å². The highest BCUT2D eigenvalue weighted by atomic mass is 32.2. The van der Waals surface area contributed by atoms with Crippen molar-refractivity contribution in [1.29, 1.82) is 0 Å². The normalized spacial score (nSPS) is 23.6. The van der Waals surface area contributed by atoms with Crippen molar-refractivity contribution in [3.05, 3.63) is 29.8 Å². The number of amides is 1. The molecule has 0 radical (unpaired) electrons. The number of para-hydroxylation sites is 1. The molecule has 1 aliphatic rings. The summed E-state index contributed by atoms with van der Waals surface area (Å²) in [6.07, 6.45) is 3.54. The highest BCUT2D eigenvalue weighted by molar-refractivity contribution is 8.02. The van der Waals surface area contributed by atoms with Gasteiger partial charge in [-0.1, -0.05) is 68.0 Å². The van der Waals surface area contributed by atoms with Gasteiger partial charge in [-0.2, -0.15) is 0 Å². The minimum Gasteiger partial charge on any atom is -0.352 e. The summed E-state index contributed by atoms with van der Waals surface area (Å²) in [5.41, 5.74) is 2.18. The number of aryl methyl sites for hydroxylation is 1. The lowest BCUT2D eigenvalue weighted by Gasteiger charge is -2.35. The fourth-order valence-corrected chi connectivity index (χ4v) is 5.34. The van der Waals surface area contributed by atoms with E-state index in [1.165, 1.54) is 35.9 Å². The van der Waals surface area contributed by atoms with Crippen LogP contribution in [0.1, 0.15) is 45.6 Å². The maximum Gasteiger partial charge on any atom is 0.233 e. The number of aromatic nitrogens is 2. The van der Waals surface area contributed by atoms with Gasteiger partial charge in [-0.25, -0.2) is 0 Å². The molecule has 1 amide bonds. The van der Waals surface area contributed by atoms with Gasteiger partial charge >= 0.3 is 0 Å². The van der Waals surface area contributed by atoms with E-state index < -0.39 is 0 Å². The molecule has 1 fully saturated rings. The van der Waals surface area contributed by atoms with Crippen molar-refractivity contribution < 1.29 is 4.79 Å². The predicted octanol–water partition coefficient (Wildman–Crippen LogP) is 5.01. The van der Waals surface area contributed by atoms with Crippen LogP contribution in [0.15, 0.2) is 28.6 Å². The van der Waals surface area contributed by atoms with Crippen molar-refractivity contribution >= 4 is 39.8 Å². The van der Waals surface area contributed by atoms with E-state index in [9.17, 15) is 4.79 Å². The molecule has 1 aromatic heterocycles. The van der Waals surface area contributed by atoms with E-state index in [1.807, 2.05) is 25.1 Å². The van der Waals surface area contributed by atoms with E-state index in [2.05, 4.69) is 47.7 Å². The zero-order valence-corrected chi connectivity index (χ0v) is 18.0. The van der Waals surface area contributed by atoms with Gasteiger partial charge in [0.2, 0.25) is 11.0 Å². The quantitative estimate of drug-likeness (QED) is 0.662. The van der Waals surface area contributed by atoms with Crippen molar-refractivity contribution in [3.8, 4) is 0 Å². The molecular weight excluding hydrogens is 376 g/mol. The number of carbonyl (C=O) groups is 1. The topological polar surface area (TPSA) is 66.9 Å². The summed E-state index contributed by atoms with van der Waals surface area (Å²) >= 11 is 2.95. The summed E-state index contributed by atoms with van der Waals surface area (Å²) in [5, 5.41) is 15.5. The highest BCUT2D eigenvalue weighted by Gasteiger charge is 2.29. The van der Waals surface area contributed by atoms with E-state index in [0.29, 0.717) is 11.8 Å². The van der Waals surface area contributed by atoms with Crippen LogP contribution >= 0.6 is 23.1 Å². The van der Waals surface area contributed by atoms with Gasteiger partial charge in [-0.3, -0.25) is 4.79 Å². The first-order valence-corrected chi connectivity index (χ1v) is 11.3. The summed E-state index contributed by atoms with van der Waals surface area (Å²) in [4.78, 5) is 12.6. The minimum atomic E-state index is -0.186. The summed E-state index contributed by atoms with van der Waals surface area (Å²) in [5.74, 6) is 1.30. The van der Waals surface area contributed by atoms with Gasteiger partial charge < -0.3 is 10.6 Å². The lowest BCUT2D eigenvalue weighted by molar-refractivity contribution is -0.121. The van der Waals surface area contributed by atoms with Gasteiger partial charge in [0.25, 0.3) is 0 Å². The van der Waals surface area contributed by atoms with Crippen molar-refractivity contribution in [2.75, 3.05) is 5.32 Å². The van der Waals surface area contributed by atoms with Crippen LogP contribution < -0.4 is 10.6 Å².